The molecule has 0 unspecified atom stereocenters. The molecule has 60 valence electrons. The van der Waals surface area contributed by atoms with Gasteiger partial charge in [0.1, 0.15) is 0 Å². The lowest BCUT2D eigenvalue weighted by molar-refractivity contribution is -0.115. The van der Waals surface area contributed by atoms with E-state index in [9.17, 15) is 4.79 Å². The van der Waals surface area contributed by atoms with Crippen LogP contribution < -0.4 is 0 Å². The van der Waals surface area contributed by atoms with Gasteiger partial charge in [-0.15, -0.1) is 0 Å². The number of allylic oxidation sites excluding steroid dienone is 2. The van der Waals surface area contributed by atoms with Crippen molar-refractivity contribution in [3.05, 3.63) is 24.0 Å². The standard InChI is InChI=1S/C9H13NO/c1-3-9(11)8-5-4-6-10(2)7-8/h4,6-7H,3,5H2,1-2H3. The number of nitrogens with zero attached hydrogens (tertiary/aromatic N) is 1. The van der Waals surface area contributed by atoms with Gasteiger partial charge in [-0.2, -0.15) is 0 Å². The third-order valence-electron chi connectivity index (χ3n) is 1.72. The Morgan fingerprint density at radius 1 is 1.73 bits per heavy atom. The second-order valence-corrected chi connectivity index (χ2v) is 2.69. The zero-order valence-electron chi connectivity index (χ0n) is 7.00. The summed E-state index contributed by atoms with van der Waals surface area (Å²) < 4.78 is 0. The van der Waals surface area contributed by atoms with Crippen molar-refractivity contribution in [1.82, 2.24) is 4.90 Å². The first kappa shape index (κ1) is 8.05. The van der Waals surface area contributed by atoms with Gasteiger partial charge in [0, 0.05) is 25.2 Å². The Hall–Kier alpha value is -1.05. The smallest absolute Gasteiger partial charge is 0.160 e. The summed E-state index contributed by atoms with van der Waals surface area (Å²) >= 11 is 0. The fourth-order valence-electron chi connectivity index (χ4n) is 1.10. The van der Waals surface area contributed by atoms with Crippen LogP contribution in [0.25, 0.3) is 0 Å². The molecule has 1 rings (SSSR count). The van der Waals surface area contributed by atoms with E-state index < -0.39 is 0 Å². The summed E-state index contributed by atoms with van der Waals surface area (Å²) in [7, 11) is 1.93. The van der Waals surface area contributed by atoms with Gasteiger partial charge in [-0.25, -0.2) is 0 Å². The third kappa shape index (κ3) is 1.93. The molecule has 0 aromatic rings. The fraction of sp³-hybridized carbons (Fsp3) is 0.444. The average Bonchev–Trinajstić information content (AvgIpc) is 2.03. The largest absolute Gasteiger partial charge is 0.357 e. The molecule has 11 heavy (non-hydrogen) atoms. The lowest BCUT2D eigenvalue weighted by Crippen LogP contribution is -2.11. The average molecular weight is 151 g/mol. The van der Waals surface area contributed by atoms with Gasteiger partial charge in [-0.05, 0) is 12.6 Å². The van der Waals surface area contributed by atoms with Gasteiger partial charge in [0.15, 0.2) is 5.78 Å². The molecule has 1 aliphatic heterocycles. The Bertz CT molecular complexity index is 216. The van der Waals surface area contributed by atoms with Crippen molar-refractivity contribution in [3.8, 4) is 0 Å². The van der Waals surface area contributed by atoms with E-state index in [4.69, 9.17) is 0 Å². The minimum Gasteiger partial charge on any atom is -0.357 e. The number of rotatable bonds is 2. The Kier molecular flexibility index (Phi) is 2.47. The SMILES string of the molecule is CCC(=O)C1=CN(C)C=CC1. The van der Waals surface area contributed by atoms with Crippen molar-refractivity contribution in [1.29, 1.82) is 0 Å². The third-order valence-corrected chi connectivity index (χ3v) is 1.72. The van der Waals surface area contributed by atoms with E-state index >= 15 is 0 Å². The molecule has 0 fully saturated rings. The summed E-state index contributed by atoms with van der Waals surface area (Å²) in [5.41, 5.74) is 0.914. The summed E-state index contributed by atoms with van der Waals surface area (Å²) in [5, 5.41) is 0. The van der Waals surface area contributed by atoms with Gasteiger partial charge in [0.05, 0.1) is 0 Å². The molecule has 2 heteroatoms. The highest BCUT2D eigenvalue weighted by Crippen LogP contribution is 2.12. The topological polar surface area (TPSA) is 20.3 Å². The normalized spacial score (nSPS) is 16.5. The van der Waals surface area contributed by atoms with Gasteiger partial charge >= 0.3 is 0 Å². The van der Waals surface area contributed by atoms with E-state index in [-0.39, 0.29) is 5.78 Å². The minimum atomic E-state index is 0.251. The van der Waals surface area contributed by atoms with Crippen LogP contribution in [0, 0.1) is 0 Å². The van der Waals surface area contributed by atoms with Crippen molar-refractivity contribution in [2.45, 2.75) is 19.8 Å². The number of ketones is 1. The number of hydrogen-bond donors (Lipinski definition) is 0. The molecule has 0 bridgehead atoms. The summed E-state index contributed by atoms with van der Waals surface area (Å²) in [6, 6.07) is 0. The molecule has 2 nitrogen and oxygen atoms in total. The second kappa shape index (κ2) is 3.37. The molecular formula is C9H13NO. The van der Waals surface area contributed by atoms with Crippen molar-refractivity contribution in [3.63, 3.8) is 0 Å². The molecular weight excluding hydrogens is 138 g/mol. The van der Waals surface area contributed by atoms with Crippen LogP contribution in [0.3, 0.4) is 0 Å². The maximum absolute atomic E-state index is 11.2. The molecule has 1 heterocycles. The van der Waals surface area contributed by atoms with Crippen LogP contribution in [0.2, 0.25) is 0 Å². The summed E-state index contributed by atoms with van der Waals surface area (Å²) in [6.45, 7) is 1.89. The van der Waals surface area contributed by atoms with E-state index in [1.807, 2.05) is 37.3 Å². The van der Waals surface area contributed by atoms with Gasteiger partial charge < -0.3 is 4.90 Å². The molecule has 0 aromatic heterocycles. The van der Waals surface area contributed by atoms with Crippen molar-refractivity contribution >= 4 is 5.78 Å². The maximum atomic E-state index is 11.2. The summed E-state index contributed by atoms with van der Waals surface area (Å²) in [5.74, 6) is 0.251. The highest BCUT2D eigenvalue weighted by molar-refractivity contribution is 5.95. The van der Waals surface area contributed by atoms with Gasteiger partial charge in [0.25, 0.3) is 0 Å². The molecule has 0 N–H and O–H groups in total. The molecule has 0 radical (unpaired) electrons. The number of carbonyl (C=O) groups excluding carboxylic acids is 1. The Balaban J connectivity index is 2.66. The molecule has 0 saturated heterocycles. The number of carbonyl (C=O) groups is 1. The monoisotopic (exact) mass is 151 g/mol. The lowest BCUT2D eigenvalue weighted by atomic mass is 10.1. The first-order chi connectivity index (χ1) is 5.24. The molecule has 0 saturated carbocycles. The van der Waals surface area contributed by atoms with E-state index in [1.165, 1.54) is 0 Å². The van der Waals surface area contributed by atoms with Gasteiger partial charge in [0.2, 0.25) is 0 Å². The van der Waals surface area contributed by atoms with Crippen molar-refractivity contribution in [2.75, 3.05) is 7.05 Å². The first-order valence-electron chi connectivity index (χ1n) is 3.86. The second-order valence-electron chi connectivity index (χ2n) is 2.69. The van der Waals surface area contributed by atoms with Gasteiger partial charge in [-0.3, -0.25) is 4.79 Å². The van der Waals surface area contributed by atoms with Crippen LogP contribution in [-0.2, 0) is 4.79 Å². The molecule has 1 aliphatic rings. The van der Waals surface area contributed by atoms with Crippen molar-refractivity contribution < 1.29 is 4.79 Å². The maximum Gasteiger partial charge on any atom is 0.160 e. The van der Waals surface area contributed by atoms with E-state index in [1.54, 1.807) is 0 Å². The number of Topliss-reactive ketones (excluding diaryl/α,β-unsaturated/α-hetero) is 1. The Morgan fingerprint density at radius 2 is 2.45 bits per heavy atom. The zero-order valence-corrected chi connectivity index (χ0v) is 7.00. The fourth-order valence-corrected chi connectivity index (χ4v) is 1.10. The summed E-state index contributed by atoms with van der Waals surface area (Å²) in [4.78, 5) is 13.1. The molecule has 0 amide bonds. The van der Waals surface area contributed by atoms with Gasteiger partial charge in [-0.1, -0.05) is 13.0 Å². The van der Waals surface area contributed by atoms with E-state index in [2.05, 4.69) is 0 Å². The van der Waals surface area contributed by atoms with E-state index in [0.29, 0.717) is 6.42 Å². The zero-order chi connectivity index (χ0) is 8.27. The molecule has 0 aliphatic carbocycles. The van der Waals surface area contributed by atoms with Crippen LogP contribution in [0.1, 0.15) is 19.8 Å². The van der Waals surface area contributed by atoms with Crippen LogP contribution in [0.5, 0.6) is 0 Å². The van der Waals surface area contributed by atoms with Crippen LogP contribution in [0.4, 0.5) is 0 Å². The highest BCUT2D eigenvalue weighted by atomic mass is 16.1. The predicted octanol–water partition coefficient (Wildman–Crippen LogP) is 1.70. The Morgan fingerprint density at radius 3 is 3.00 bits per heavy atom. The van der Waals surface area contributed by atoms with E-state index in [0.717, 1.165) is 12.0 Å². The van der Waals surface area contributed by atoms with Crippen LogP contribution in [0.15, 0.2) is 24.0 Å². The van der Waals surface area contributed by atoms with Crippen LogP contribution >= 0.6 is 0 Å². The quantitative estimate of drug-likeness (QED) is 0.598. The molecule has 0 aromatic carbocycles. The Labute approximate surface area is 67.2 Å². The minimum absolute atomic E-state index is 0.251. The summed E-state index contributed by atoms with van der Waals surface area (Å²) in [6.07, 6.45) is 7.26. The predicted molar refractivity (Wildman–Crippen MR) is 44.9 cm³/mol. The number of hydrogen-bond acceptors (Lipinski definition) is 2. The van der Waals surface area contributed by atoms with Crippen molar-refractivity contribution in [2.24, 2.45) is 0 Å². The first-order valence-corrected chi connectivity index (χ1v) is 3.86. The van der Waals surface area contributed by atoms with Crippen LogP contribution in [-0.4, -0.2) is 17.7 Å². The highest BCUT2D eigenvalue weighted by Gasteiger charge is 2.08. The lowest BCUT2D eigenvalue weighted by Gasteiger charge is -2.14. The molecule has 0 spiro atoms. The molecule has 0 atom stereocenters.